The molecule has 0 spiro atoms. The molecule has 1 aromatic carbocycles. The van der Waals surface area contributed by atoms with Crippen molar-refractivity contribution in [1.82, 2.24) is 5.32 Å². The van der Waals surface area contributed by atoms with Gasteiger partial charge in [0.05, 0.1) is 5.56 Å². The van der Waals surface area contributed by atoms with Gasteiger partial charge in [0.1, 0.15) is 5.54 Å². The maximum absolute atomic E-state index is 12.7. The van der Waals surface area contributed by atoms with Gasteiger partial charge in [-0.05, 0) is 31.4 Å². The average Bonchev–Trinajstić information content (AvgIpc) is 2.97. The Morgan fingerprint density at radius 2 is 2.00 bits per heavy atom. The monoisotopic (exact) mass is 258 g/mol. The van der Waals surface area contributed by atoms with Crippen molar-refractivity contribution >= 4 is 11.6 Å². The third kappa shape index (κ3) is 2.02. The highest BCUT2D eigenvalue weighted by Gasteiger charge is 2.64. The van der Waals surface area contributed by atoms with Crippen molar-refractivity contribution in [3.63, 3.8) is 0 Å². The number of nitrogens with one attached hydrogen (secondary N) is 1. The molecule has 1 aliphatic rings. The van der Waals surface area contributed by atoms with Gasteiger partial charge in [0.2, 0.25) is 0 Å². The van der Waals surface area contributed by atoms with E-state index in [9.17, 15) is 18.0 Å². The Morgan fingerprint density at radius 1 is 1.39 bits per heavy atom. The molecule has 0 heterocycles. The molecule has 0 aliphatic heterocycles. The van der Waals surface area contributed by atoms with E-state index in [-0.39, 0.29) is 24.1 Å². The van der Waals surface area contributed by atoms with E-state index in [0.29, 0.717) is 5.56 Å². The van der Waals surface area contributed by atoms with Gasteiger partial charge in [-0.25, -0.2) is 0 Å². The fraction of sp³-hybridized carbons (Fsp3) is 0.417. The van der Waals surface area contributed by atoms with E-state index in [1.807, 2.05) is 0 Å². The Hall–Kier alpha value is -1.72. The number of carbonyl (C=O) groups excluding carboxylic acids is 1. The molecule has 3 nitrogen and oxygen atoms in total. The van der Waals surface area contributed by atoms with Crippen molar-refractivity contribution < 1.29 is 18.0 Å². The van der Waals surface area contributed by atoms with Gasteiger partial charge >= 0.3 is 6.18 Å². The first kappa shape index (κ1) is 12.7. The molecular weight excluding hydrogens is 245 g/mol. The Balaban J connectivity index is 2.24. The van der Waals surface area contributed by atoms with Gasteiger partial charge in [0.25, 0.3) is 5.91 Å². The number of nitrogens with two attached hydrogens (primary N) is 1. The van der Waals surface area contributed by atoms with Crippen molar-refractivity contribution in [3.05, 3.63) is 29.3 Å². The number of aryl methyl sites for hydroxylation is 1. The predicted octanol–water partition coefficient (Wildman–Crippen LogP) is 2.40. The summed E-state index contributed by atoms with van der Waals surface area (Å²) in [6.07, 6.45) is -4.57. The second kappa shape index (κ2) is 3.90. The van der Waals surface area contributed by atoms with E-state index in [1.54, 1.807) is 19.1 Å². The Labute approximate surface area is 102 Å². The number of alkyl halides is 3. The number of amides is 1. The van der Waals surface area contributed by atoms with Crippen LogP contribution in [-0.4, -0.2) is 17.6 Å². The summed E-state index contributed by atoms with van der Waals surface area (Å²) in [6.45, 7) is 1.64. The second-order valence-corrected chi connectivity index (χ2v) is 4.57. The van der Waals surface area contributed by atoms with Gasteiger partial charge in [0, 0.05) is 5.69 Å². The number of hydrogen-bond donors (Lipinski definition) is 2. The zero-order valence-corrected chi connectivity index (χ0v) is 9.77. The third-order valence-electron chi connectivity index (χ3n) is 3.18. The Morgan fingerprint density at radius 3 is 2.44 bits per heavy atom. The van der Waals surface area contributed by atoms with Gasteiger partial charge in [-0.2, -0.15) is 13.2 Å². The maximum atomic E-state index is 12.7. The topological polar surface area (TPSA) is 55.1 Å². The molecule has 1 fully saturated rings. The first-order chi connectivity index (χ1) is 8.27. The lowest BCUT2D eigenvalue weighted by Gasteiger charge is -2.21. The summed E-state index contributed by atoms with van der Waals surface area (Å²) in [5.74, 6) is -0.763. The van der Waals surface area contributed by atoms with Gasteiger partial charge in [-0.3, -0.25) is 4.79 Å². The van der Waals surface area contributed by atoms with Gasteiger partial charge in [0.15, 0.2) is 0 Å². The summed E-state index contributed by atoms with van der Waals surface area (Å²) >= 11 is 0. The molecule has 0 radical (unpaired) electrons. The maximum Gasteiger partial charge on any atom is 0.411 e. The normalized spacial score (nSPS) is 17.3. The first-order valence-electron chi connectivity index (χ1n) is 5.51. The number of benzene rings is 1. The SMILES string of the molecule is Cc1cccc(N)c1C(=O)NC1(C(F)(F)F)CC1. The highest BCUT2D eigenvalue weighted by Crippen LogP contribution is 2.49. The molecule has 3 N–H and O–H groups in total. The Kier molecular flexibility index (Phi) is 2.76. The molecule has 0 atom stereocenters. The smallest absolute Gasteiger partial charge is 0.398 e. The molecule has 0 aromatic heterocycles. The van der Waals surface area contributed by atoms with Crippen molar-refractivity contribution in [1.29, 1.82) is 0 Å². The zero-order chi connectivity index (χ0) is 13.6. The number of carbonyl (C=O) groups is 1. The number of rotatable bonds is 2. The minimum Gasteiger partial charge on any atom is -0.398 e. The quantitative estimate of drug-likeness (QED) is 0.800. The van der Waals surface area contributed by atoms with Crippen LogP contribution in [0.3, 0.4) is 0 Å². The summed E-state index contributed by atoms with van der Waals surface area (Å²) in [6, 6.07) is 4.78. The second-order valence-electron chi connectivity index (χ2n) is 4.57. The van der Waals surface area contributed by atoms with E-state index in [4.69, 9.17) is 5.73 Å². The molecule has 1 saturated carbocycles. The summed E-state index contributed by atoms with van der Waals surface area (Å²) in [7, 11) is 0. The summed E-state index contributed by atoms with van der Waals surface area (Å²) in [5.41, 5.74) is 4.44. The standard InChI is InChI=1S/C12H13F3N2O/c1-7-3-2-4-8(16)9(7)10(18)17-11(5-6-11)12(13,14)15/h2-4H,5-6,16H2,1H3,(H,17,18). The average molecular weight is 258 g/mol. The van der Waals surface area contributed by atoms with E-state index in [1.165, 1.54) is 6.07 Å². The minimum atomic E-state index is -4.42. The lowest BCUT2D eigenvalue weighted by Crippen LogP contribution is -2.48. The number of nitrogen functional groups attached to an aromatic ring is 1. The highest BCUT2D eigenvalue weighted by atomic mass is 19.4. The fourth-order valence-electron chi connectivity index (χ4n) is 1.88. The van der Waals surface area contributed by atoms with Crippen molar-refractivity contribution in [3.8, 4) is 0 Å². The van der Waals surface area contributed by atoms with Crippen LogP contribution in [0.25, 0.3) is 0 Å². The molecule has 2 rings (SSSR count). The molecular formula is C12H13F3N2O. The van der Waals surface area contributed by atoms with Crippen LogP contribution < -0.4 is 11.1 Å². The van der Waals surface area contributed by atoms with E-state index < -0.39 is 17.6 Å². The van der Waals surface area contributed by atoms with E-state index >= 15 is 0 Å². The van der Waals surface area contributed by atoms with Gasteiger partial charge in [-0.15, -0.1) is 0 Å². The highest BCUT2D eigenvalue weighted by molar-refractivity contribution is 6.01. The number of anilines is 1. The van der Waals surface area contributed by atoms with Crippen LogP contribution in [0.5, 0.6) is 0 Å². The number of halogens is 3. The first-order valence-corrected chi connectivity index (χ1v) is 5.51. The van der Waals surface area contributed by atoms with E-state index in [2.05, 4.69) is 5.32 Å². The van der Waals surface area contributed by atoms with Crippen LogP contribution in [0.1, 0.15) is 28.8 Å². The largest absolute Gasteiger partial charge is 0.411 e. The number of hydrogen-bond acceptors (Lipinski definition) is 2. The summed E-state index contributed by atoms with van der Waals surface area (Å²) in [4.78, 5) is 11.9. The van der Waals surface area contributed by atoms with Crippen LogP contribution in [0.2, 0.25) is 0 Å². The van der Waals surface area contributed by atoms with Gasteiger partial charge in [-0.1, -0.05) is 12.1 Å². The van der Waals surface area contributed by atoms with Gasteiger partial charge < -0.3 is 11.1 Å². The van der Waals surface area contributed by atoms with Crippen molar-refractivity contribution in [2.24, 2.45) is 0 Å². The van der Waals surface area contributed by atoms with Crippen LogP contribution in [0.15, 0.2) is 18.2 Å². The molecule has 1 aliphatic carbocycles. The molecule has 18 heavy (non-hydrogen) atoms. The van der Waals surface area contributed by atoms with Crippen LogP contribution in [-0.2, 0) is 0 Å². The molecule has 0 saturated heterocycles. The lowest BCUT2D eigenvalue weighted by molar-refractivity contribution is -0.163. The van der Waals surface area contributed by atoms with Crippen molar-refractivity contribution in [2.45, 2.75) is 31.5 Å². The third-order valence-corrected chi connectivity index (χ3v) is 3.18. The summed E-state index contributed by atoms with van der Waals surface area (Å²) in [5, 5.41) is 2.06. The van der Waals surface area contributed by atoms with Crippen molar-refractivity contribution in [2.75, 3.05) is 5.73 Å². The molecule has 1 aromatic rings. The van der Waals surface area contributed by atoms with Crippen LogP contribution in [0, 0.1) is 6.92 Å². The fourth-order valence-corrected chi connectivity index (χ4v) is 1.88. The minimum absolute atomic E-state index is 0.0754. The molecule has 98 valence electrons. The molecule has 6 heteroatoms. The molecule has 0 bridgehead atoms. The van der Waals surface area contributed by atoms with Crippen LogP contribution in [0.4, 0.5) is 18.9 Å². The Bertz CT molecular complexity index is 472. The zero-order valence-electron chi connectivity index (χ0n) is 9.77. The van der Waals surface area contributed by atoms with E-state index in [0.717, 1.165) is 0 Å². The molecule has 1 amide bonds. The lowest BCUT2D eigenvalue weighted by atomic mass is 10.1. The van der Waals surface area contributed by atoms with Crippen LogP contribution >= 0.6 is 0 Å². The molecule has 0 unspecified atom stereocenters. The summed E-state index contributed by atoms with van der Waals surface area (Å²) < 4.78 is 38.2. The predicted molar refractivity (Wildman–Crippen MR) is 61.1 cm³/mol.